The molecule has 3 atom stereocenters. The van der Waals surface area contributed by atoms with Crippen molar-refractivity contribution in [3.05, 3.63) is 66.3 Å². The maximum atomic E-state index is 13.1. The van der Waals surface area contributed by atoms with E-state index < -0.39 is 5.91 Å². The van der Waals surface area contributed by atoms with Crippen LogP contribution < -0.4 is 15.7 Å². The van der Waals surface area contributed by atoms with Crippen LogP contribution in [0.3, 0.4) is 0 Å². The quantitative estimate of drug-likeness (QED) is 0.565. The van der Waals surface area contributed by atoms with Crippen LogP contribution in [0.1, 0.15) is 13.3 Å². The molecule has 6 heteroatoms. The molecule has 4 rings (SSSR count). The lowest BCUT2D eigenvalue weighted by atomic mass is 9.92. The fraction of sp³-hybridized carbons (Fsp3) is 0.273. The first-order valence-corrected chi connectivity index (χ1v) is 9.48. The van der Waals surface area contributed by atoms with Gasteiger partial charge in [0.2, 0.25) is 5.91 Å². The summed E-state index contributed by atoms with van der Waals surface area (Å²) in [6.07, 6.45) is 6.08. The molecule has 144 valence electrons. The third kappa shape index (κ3) is 3.32. The van der Waals surface area contributed by atoms with Gasteiger partial charge in [0.15, 0.2) is 0 Å². The van der Waals surface area contributed by atoms with Gasteiger partial charge >= 0.3 is 0 Å². The second kappa shape index (κ2) is 7.58. The fourth-order valence-corrected chi connectivity index (χ4v) is 4.00. The van der Waals surface area contributed by atoms with E-state index in [1.807, 2.05) is 48.2 Å². The zero-order valence-electron chi connectivity index (χ0n) is 15.6. The molecule has 0 saturated carbocycles. The van der Waals surface area contributed by atoms with Gasteiger partial charge in [0.05, 0.1) is 11.7 Å². The number of carbonyl (C=O) groups is 2. The van der Waals surface area contributed by atoms with Crippen LogP contribution in [0.25, 0.3) is 10.8 Å². The minimum atomic E-state index is -0.527. The smallest absolute Gasteiger partial charge is 0.274 e. The first-order valence-electron chi connectivity index (χ1n) is 9.48. The molecule has 2 amide bonds. The number of fused-ring (bicyclic) bond motifs is 1. The van der Waals surface area contributed by atoms with Crippen molar-refractivity contribution in [2.45, 2.75) is 25.4 Å². The topological polar surface area (TPSA) is 81.7 Å². The van der Waals surface area contributed by atoms with E-state index in [4.69, 9.17) is 5.21 Å². The highest BCUT2D eigenvalue weighted by Crippen LogP contribution is 2.30. The van der Waals surface area contributed by atoms with E-state index in [-0.39, 0.29) is 23.9 Å². The first kappa shape index (κ1) is 18.4. The molecule has 0 bridgehead atoms. The van der Waals surface area contributed by atoms with Crippen LogP contribution in [0.5, 0.6) is 0 Å². The largest absolute Gasteiger partial charge is 0.310 e. The summed E-state index contributed by atoms with van der Waals surface area (Å²) in [6, 6.07) is 13.8. The highest BCUT2D eigenvalue weighted by Gasteiger charge is 2.35. The summed E-state index contributed by atoms with van der Waals surface area (Å²) in [5.74, 6) is -0.433. The number of benzene rings is 2. The monoisotopic (exact) mass is 377 g/mol. The normalized spacial score (nSPS) is 24.5. The molecule has 1 heterocycles. The molecule has 6 nitrogen and oxygen atoms in total. The lowest BCUT2D eigenvalue weighted by Crippen LogP contribution is -2.46. The molecule has 1 fully saturated rings. The summed E-state index contributed by atoms with van der Waals surface area (Å²) in [5, 5.41) is 14.4. The molecular formula is C22H23N3O3. The van der Waals surface area contributed by atoms with Gasteiger partial charge in [-0.2, -0.15) is 0 Å². The van der Waals surface area contributed by atoms with E-state index in [1.54, 1.807) is 17.6 Å². The average Bonchev–Trinajstić information content (AvgIpc) is 3.08. The molecule has 3 N–H and O–H groups in total. The van der Waals surface area contributed by atoms with E-state index in [0.29, 0.717) is 12.1 Å². The van der Waals surface area contributed by atoms with E-state index in [1.165, 1.54) is 0 Å². The van der Waals surface area contributed by atoms with Crippen LogP contribution in [-0.2, 0) is 9.59 Å². The van der Waals surface area contributed by atoms with Gasteiger partial charge in [-0.3, -0.25) is 20.1 Å². The van der Waals surface area contributed by atoms with Crippen molar-refractivity contribution >= 4 is 28.3 Å². The van der Waals surface area contributed by atoms with E-state index >= 15 is 0 Å². The van der Waals surface area contributed by atoms with Crippen LogP contribution in [0.4, 0.5) is 5.69 Å². The van der Waals surface area contributed by atoms with Crippen LogP contribution in [0.2, 0.25) is 0 Å². The van der Waals surface area contributed by atoms with Crippen molar-refractivity contribution in [1.29, 1.82) is 0 Å². The summed E-state index contributed by atoms with van der Waals surface area (Å²) < 4.78 is 0. The van der Waals surface area contributed by atoms with Crippen LogP contribution >= 0.6 is 0 Å². The van der Waals surface area contributed by atoms with E-state index in [0.717, 1.165) is 22.9 Å². The van der Waals surface area contributed by atoms with Gasteiger partial charge in [-0.25, -0.2) is 5.48 Å². The minimum absolute atomic E-state index is 0.0247. The van der Waals surface area contributed by atoms with Gasteiger partial charge in [-0.05, 0) is 23.8 Å². The number of rotatable bonds is 4. The Morgan fingerprint density at radius 2 is 1.96 bits per heavy atom. The highest BCUT2D eigenvalue weighted by molar-refractivity contribution is 6.06. The third-order valence-corrected chi connectivity index (χ3v) is 5.51. The van der Waals surface area contributed by atoms with Crippen molar-refractivity contribution in [1.82, 2.24) is 10.8 Å². The molecule has 3 unspecified atom stereocenters. The number of nitrogens with one attached hydrogen (secondary N) is 2. The molecule has 2 aromatic carbocycles. The summed E-state index contributed by atoms with van der Waals surface area (Å²) in [4.78, 5) is 26.5. The molecule has 2 aromatic rings. The molecular weight excluding hydrogens is 354 g/mol. The molecule has 1 aliphatic heterocycles. The Hall–Kier alpha value is -2.96. The SMILES string of the molecule is CC1C=C(C(=O)NO)C=CC1NC1CCN(c2cccc3ccccc23)C1=O. The Bertz CT molecular complexity index is 977. The molecule has 0 aromatic heterocycles. The van der Waals surface area contributed by atoms with Crippen molar-refractivity contribution in [2.75, 3.05) is 11.4 Å². The van der Waals surface area contributed by atoms with Crippen LogP contribution in [-0.4, -0.2) is 35.7 Å². The first-order chi connectivity index (χ1) is 13.6. The van der Waals surface area contributed by atoms with Crippen molar-refractivity contribution in [3.8, 4) is 0 Å². The average molecular weight is 377 g/mol. The zero-order chi connectivity index (χ0) is 19.7. The van der Waals surface area contributed by atoms with Crippen LogP contribution in [0.15, 0.2) is 66.3 Å². The Morgan fingerprint density at radius 1 is 1.18 bits per heavy atom. The number of anilines is 1. The maximum absolute atomic E-state index is 13.1. The Kier molecular flexibility index (Phi) is 4.98. The highest BCUT2D eigenvalue weighted by atomic mass is 16.5. The standard InChI is InChI=1S/C22H23N3O3/c1-14-13-16(21(26)24-28)9-10-18(14)23-19-11-12-25(22(19)27)20-8-4-6-15-5-2-3-7-17(15)20/h2-10,13-14,18-19,23,28H,11-12H2,1H3,(H,24,26). The fourth-order valence-electron chi connectivity index (χ4n) is 4.00. The lowest BCUT2D eigenvalue weighted by molar-refractivity contribution is -0.125. The number of carbonyl (C=O) groups excluding carboxylic acids is 2. The second-order valence-electron chi connectivity index (χ2n) is 7.30. The second-order valence-corrected chi connectivity index (χ2v) is 7.30. The zero-order valence-corrected chi connectivity index (χ0v) is 15.6. The number of amides is 2. The number of hydroxylamine groups is 1. The molecule has 28 heavy (non-hydrogen) atoms. The van der Waals surface area contributed by atoms with Gasteiger partial charge in [-0.1, -0.05) is 61.5 Å². The summed E-state index contributed by atoms with van der Waals surface area (Å²) in [6.45, 7) is 2.65. The number of hydrogen-bond donors (Lipinski definition) is 3. The molecule has 0 spiro atoms. The summed E-state index contributed by atoms with van der Waals surface area (Å²) in [5.41, 5.74) is 3.01. The van der Waals surface area contributed by atoms with Gasteiger partial charge in [0.25, 0.3) is 5.91 Å². The van der Waals surface area contributed by atoms with Crippen LogP contribution in [0, 0.1) is 5.92 Å². The molecule has 1 saturated heterocycles. The lowest BCUT2D eigenvalue weighted by Gasteiger charge is -2.26. The van der Waals surface area contributed by atoms with Crippen molar-refractivity contribution in [3.63, 3.8) is 0 Å². The van der Waals surface area contributed by atoms with Gasteiger partial charge < -0.3 is 4.90 Å². The Morgan fingerprint density at radius 3 is 2.75 bits per heavy atom. The minimum Gasteiger partial charge on any atom is -0.310 e. The van der Waals surface area contributed by atoms with Crippen molar-refractivity contribution < 1.29 is 14.8 Å². The third-order valence-electron chi connectivity index (χ3n) is 5.51. The molecule has 0 radical (unpaired) electrons. The number of hydrogen-bond acceptors (Lipinski definition) is 4. The van der Waals surface area contributed by atoms with Gasteiger partial charge in [0, 0.05) is 23.5 Å². The summed E-state index contributed by atoms with van der Waals surface area (Å²) in [7, 11) is 0. The maximum Gasteiger partial charge on any atom is 0.274 e. The predicted octanol–water partition coefficient (Wildman–Crippen LogP) is 2.54. The molecule has 1 aliphatic carbocycles. The number of nitrogens with zero attached hydrogens (tertiary/aromatic N) is 1. The van der Waals surface area contributed by atoms with E-state index in [9.17, 15) is 9.59 Å². The van der Waals surface area contributed by atoms with Gasteiger partial charge in [-0.15, -0.1) is 0 Å². The Labute approximate surface area is 163 Å². The molecule has 2 aliphatic rings. The predicted molar refractivity (Wildman–Crippen MR) is 108 cm³/mol. The Balaban J connectivity index is 1.49. The van der Waals surface area contributed by atoms with E-state index in [2.05, 4.69) is 17.4 Å². The van der Waals surface area contributed by atoms with Crippen molar-refractivity contribution in [2.24, 2.45) is 5.92 Å². The summed E-state index contributed by atoms with van der Waals surface area (Å²) >= 11 is 0. The van der Waals surface area contributed by atoms with Gasteiger partial charge in [0.1, 0.15) is 0 Å².